The van der Waals surface area contributed by atoms with E-state index >= 15 is 0 Å². The van der Waals surface area contributed by atoms with Crippen LogP contribution in [0.5, 0.6) is 0 Å². The van der Waals surface area contributed by atoms with Crippen LogP contribution in [0.25, 0.3) is 0 Å². The molecule has 0 radical (unpaired) electrons. The molecule has 3 unspecified atom stereocenters. The second-order valence-electron chi connectivity index (χ2n) is 4.38. The molecule has 1 nitrogen and oxygen atoms in total. The Morgan fingerprint density at radius 1 is 1.20 bits per heavy atom. The first-order chi connectivity index (χ1) is 7.09. The molecule has 1 aliphatic rings. The SMILES string of the molecule is CC1C(N)CCC1c1ccc(Cl)c(Cl)c1. The number of nitrogens with two attached hydrogens (primary N) is 1. The molecule has 0 aliphatic heterocycles. The third-order valence-corrected chi connectivity index (χ3v) is 4.23. The highest BCUT2D eigenvalue weighted by Crippen LogP contribution is 2.40. The van der Waals surface area contributed by atoms with E-state index in [9.17, 15) is 0 Å². The van der Waals surface area contributed by atoms with E-state index < -0.39 is 0 Å². The van der Waals surface area contributed by atoms with Gasteiger partial charge >= 0.3 is 0 Å². The van der Waals surface area contributed by atoms with Gasteiger partial charge in [0.2, 0.25) is 0 Å². The zero-order valence-electron chi connectivity index (χ0n) is 8.71. The fourth-order valence-corrected chi connectivity index (χ4v) is 2.72. The van der Waals surface area contributed by atoms with Crippen LogP contribution in [0, 0.1) is 5.92 Å². The molecule has 15 heavy (non-hydrogen) atoms. The molecule has 2 N–H and O–H groups in total. The van der Waals surface area contributed by atoms with Crippen molar-refractivity contribution in [3.05, 3.63) is 33.8 Å². The van der Waals surface area contributed by atoms with Gasteiger partial charge in [-0.05, 0) is 42.4 Å². The van der Waals surface area contributed by atoms with Crippen molar-refractivity contribution in [3.63, 3.8) is 0 Å². The molecule has 82 valence electrons. The Kier molecular flexibility index (Phi) is 3.24. The standard InChI is InChI=1S/C12H15Cl2N/c1-7-9(3-5-12(7)15)8-2-4-10(13)11(14)6-8/h2,4,6-7,9,12H,3,5,15H2,1H3. The number of halogens is 2. The van der Waals surface area contributed by atoms with Crippen molar-refractivity contribution >= 4 is 23.2 Å². The van der Waals surface area contributed by atoms with Gasteiger partial charge in [0.25, 0.3) is 0 Å². The van der Waals surface area contributed by atoms with Gasteiger partial charge in [0.1, 0.15) is 0 Å². The summed E-state index contributed by atoms with van der Waals surface area (Å²) in [6.45, 7) is 2.21. The summed E-state index contributed by atoms with van der Waals surface area (Å²) in [6.07, 6.45) is 2.26. The summed E-state index contributed by atoms with van der Waals surface area (Å²) in [4.78, 5) is 0. The molecular formula is C12H15Cl2N. The van der Waals surface area contributed by atoms with Crippen LogP contribution in [-0.2, 0) is 0 Å². The fraction of sp³-hybridized carbons (Fsp3) is 0.500. The second kappa shape index (κ2) is 4.32. The van der Waals surface area contributed by atoms with Crippen molar-refractivity contribution in [2.75, 3.05) is 0 Å². The predicted molar refractivity (Wildman–Crippen MR) is 65.6 cm³/mol. The van der Waals surface area contributed by atoms with Crippen molar-refractivity contribution < 1.29 is 0 Å². The number of hydrogen-bond acceptors (Lipinski definition) is 1. The molecule has 1 aromatic carbocycles. The van der Waals surface area contributed by atoms with Crippen molar-refractivity contribution in [2.45, 2.75) is 31.7 Å². The summed E-state index contributed by atoms with van der Waals surface area (Å²) in [5.41, 5.74) is 7.28. The van der Waals surface area contributed by atoms with E-state index in [0.717, 1.165) is 12.8 Å². The predicted octanol–water partition coefficient (Wildman–Crippen LogP) is 3.83. The largest absolute Gasteiger partial charge is 0.327 e. The lowest BCUT2D eigenvalue weighted by molar-refractivity contribution is 0.479. The third kappa shape index (κ3) is 2.15. The van der Waals surface area contributed by atoms with E-state index in [1.807, 2.05) is 12.1 Å². The molecule has 1 aliphatic carbocycles. The summed E-state index contributed by atoms with van der Waals surface area (Å²) >= 11 is 11.9. The quantitative estimate of drug-likeness (QED) is 0.798. The second-order valence-corrected chi connectivity index (χ2v) is 5.19. The Morgan fingerprint density at radius 2 is 1.93 bits per heavy atom. The molecule has 0 aromatic heterocycles. The maximum absolute atomic E-state index is 6.01. The number of hydrogen-bond donors (Lipinski definition) is 1. The minimum Gasteiger partial charge on any atom is -0.327 e. The lowest BCUT2D eigenvalue weighted by Crippen LogP contribution is -2.24. The van der Waals surface area contributed by atoms with Gasteiger partial charge in [0.15, 0.2) is 0 Å². The summed E-state index contributed by atoms with van der Waals surface area (Å²) in [6, 6.07) is 6.23. The highest BCUT2D eigenvalue weighted by atomic mass is 35.5. The molecule has 1 saturated carbocycles. The molecule has 2 rings (SSSR count). The molecule has 3 atom stereocenters. The van der Waals surface area contributed by atoms with Crippen molar-refractivity contribution in [1.82, 2.24) is 0 Å². The van der Waals surface area contributed by atoms with Crippen molar-refractivity contribution in [1.29, 1.82) is 0 Å². The molecular weight excluding hydrogens is 229 g/mol. The molecule has 0 heterocycles. The zero-order chi connectivity index (χ0) is 11.0. The molecule has 0 bridgehead atoms. The smallest absolute Gasteiger partial charge is 0.0595 e. The van der Waals surface area contributed by atoms with Gasteiger partial charge in [-0.1, -0.05) is 36.2 Å². The van der Waals surface area contributed by atoms with E-state index in [2.05, 4.69) is 13.0 Å². The van der Waals surface area contributed by atoms with E-state index in [1.54, 1.807) is 0 Å². The van der Waals surface area contributed by atoms with Crippen LogP contribution in [0.4, 0.5) is 0 Å². The van der Waals surface area contributed by atoms with Gasteiger partial charge in [-0.15, -0.1) is 0 Å². The lowest BCUT2D eigenvalue weighted by atomic mass is 9.89. The minimum atomic E-state index is 0.324. The monoisotopic (exact) mass is 243 g/mol. The third-order valence-electron chi connectivity index (χ3n) is 3.49. The van der Waals surface area contributed by atoms with Gasteiger partial charge in [-0.3, -0.25) is 0 Å². The fourth-order valence-electron chi connectivity index (χ4n) is 2.41. The van der Waals surface area contributed by atoms with Crippen LogP contribution in [-0.4, -0.2) is 6.04 Å². The van der Waals surface area contributed by atoms with Gasteiger partial charge in [-0.25, -0.2) is 0 Å². The van der Waals surface area contributed by atoms with Gasteiger partial charge in [-0.2, -0.15) is 0 Å². The van der Waals surface area contributed by atoms with Crippen molar-refractivity contribution in [2.24, 2.45) is 11.7 Å². The molecule has 0 saturated heterocycles. The maximum Gasteiger partial charge on any atom is 0.0595 e. The maximum atomic E-state index is 6.01. The summed E-state index contributed by atoms with van der Waals surface area (Å²) < 4.78 is 0. The molecule has 1 fully saturated rings. The Hall–Kier alpha value is -0.240. The highest BCUT2D eigenvalue weighted by Gasteiger charge is 2.31. The average Bonchev–Trinajstić information content (AvgIpc) is 2.53. The summed E-state index contributed by atoms with van der Waals surface area (Å²) in [5.74, 6) is 1.07. The molecule has 0 spiro atoms. The first kappa shape index (κ1) is 11.3. The zero-order valence-corrected chi connectivity index (χ0v) is 10.2. The highest BCUT2D eigenvalue weighted by molar-refractivity contribution is 6.42. The number of benzene rings is 1. The lowest BCUT2D eigenvalue weighted by Gasteiger charge is -2.18. The molecule has 3 heteroatoms. The Bertz CT molecular complexity index is 365. The number of rotatable bonds is 1. The Labute approximate surface area is 101 Å². The van der Waals surface area contributed by atoms with Gasteiger partial charge in [0.05, 0.1) is 10.0 Å². The summed E-state index contributed by atoms with van der Waals surface area (Å²) in [5, 5.41) is 1.26. The van der Waals surface area contributed by atoms with Crippen LogP contribution in [0.2, 0.25) is 10.0 Å². The van der Waals surface area contributed by atoms with E-state index in [0.29, 0.717) is 27.9 Å². The van der Waals surface area contributed by atoms with E-state index in [1.165, 1.54) is 5.56 Å². The topological polar surface area (TPSA) is 26.0 Å². The molecule has 1 aromatic rings. The van der Waals surface area contributed by atoms with E-state index in [-0.39, 0.29) is 0 Å². The first-order valence-electron chi connectivity index (χ1n) is 5.30. The minimum absolute atomic E-state index is 0.324. The van der Waals surface area contributed by atoms with Gasteiger partial charge < -0.3 is 5.73 Å². The van der Waals surface area contributed by atoms with E-state index in [4.69, 9.17) is 28.9 Å². The van der Waals surface area contributed by atoms with Crippen LogP contribution in [0.3, 0.4) is 0 Å². The van der Waals surface area contributed by atoms with Crippen LogP contribution in [0.15, 0.2) is 18.2 Å². The normalized spacial score (nSPS) is 30.8. The van der Waals surface area contributed by atoms with Crippen LogP contribution >= 0.6 is 23.2 Å². The van der Waals surface area contributed by atoms with Crippen molar-refractivity contribution in [3.8, 4) is 0 Å². The average molecular weight is 244 g/mol. The first-order valence-corrected chi connectivity index (χ1v) is 6.05. The van der Waals surface area contributed by atoms with Gasteiger partial charge in [0, 0.05) is 6.04 Å². The Morgan fingerprint density at radius 3 is 2.47 bits per heavy atom. The van der Waals surface area contributed by atoms with Crippen LogP contribution in [0.1, 0.15) is 31.2 Å². The summed E-state index contributed by atoms with van der Waals surface area (Å²) in [7, 11) is 0. The Balaban J connectivity index is 2.26. The molecule has 0 amide bonds. The van der Waals surface area contributed by atoms with Crippen LogP contribution < -0.4 is 5.73 Å².